The predicted molar refractivity (Wildman–Crippen MR) is 101 cm³/mol. The van der Waals surface area contributed by atoms with Gasteiger partial charge >= 0.3 is 0 Å². The monoisotopic (exact) mass is 383 g/mol. The lowest BCUT2D eigenvalue weighted by molar-refractivity contribution is 0.0299. The van der Waals surface area contributed by atoms with Crippen molar-refractivity contribution >= 4 is 22.9 Å². The van der Waals surface area contributed by atoms with Crippen LogP contribution in [-0.4, -0.2) is 61.1 Å². The molecule has 2 aromatic heterocycles. The van der Waals surface area contributed by atoms with Gasteiger partial charge in [-0.3, -0.25) is 4.79 Å². The molecule has 1 amide bonds. The van der Waals surface area contributed by atoms with Crippen LogP contribution >= 0.6 is 0 Å². The second kappa shape index (κ2) is 8.01. The molecule has 3 atom stereocenters. The van der Waals surface area contributed by atoms with Crippen LogP contribution < -0.4 is 5.32 Å². The molecule has 9 nitrogen and oxygen atoms in total. The standard InChI is InChI=1S/C19H21N5O4/c25-8-4-7-14-16(26)13(9-28-14)24-11-22-15-17(20-10-21-18(15)24)23-19(27)12-5-2-1-3-6-12/h1-3,5-6,10-11,13-14,16,25-26H,4,7-9H2,(H,20,21,23,27)/t13-,14-,16+/m0/s1. The van der Waals surface area contributed by atoms with Crippen molar-refractivity contribution in [2.45, 2.75) is 31.1 Å². The molecule has 0 unspecified atom stereocenters. The van der Waals surface area contributed by atoms with Crippen molar-refractivity contribution in [1.29, 1.82) is 0 Å². The van der Waals surface area contributed by atoms with Crippen LogP contribution in [0.15, 0.2) is 43.0 Å². The lowest BCUT2D eigenvalue weighted by Gasteiger charge is -2.18. The number of fused-ring (bicyclic) bond motifs is 1. The largest absolute Gasteiger partial charge is 0.396 e. The van der Waals surface area contributed by atoms with Gasteiger partial charge in [0, 0.05) is 12.2 Å². The number of aliphatic hydroxyl groups is 2. The highest BCUT2D eigenvalue weighted by molar-refractivity contribution is 6.06. The Morgan fingerprint density at radius 2 is 2.07 bits per heavy atom. The summed E-state index contributed by atoms with van der Waals surface area (Å²) < 4.78 is 7.43. The van der Waals surface area contributed by atoms with E-state index in [9.17, 15) is 9.90 Å². The fourth-order valence-electron chi connectivity index (χ4n) is 3.41. The maximum atomic E-state index is 12.4. The normalized spacial score (nSPS) is 21.9. The average Bonchev–Trinajstić information content (AvgIpc) is 3.31. The number of aliphatic hydroxyl groups excluding tert-OH is 2. The van der Waals surface area contributed by atoms with Crippen LogP contribution in [0.25, 0.3) is 11.2 Å². The number of benzene rings is 1. The number of aromatic nitrogens is 4. The zero-order valence-corrected chi connectivity index (χ0v) is 15.1. The summed E-state index contributed by atoms with van der Waals surface area (Å²) in [6.07, 6.45) is 3.00. The number of amides is 1. The van der Waals surface area contributed by atoms with Gasteiger partial charge in [-0.15, -0.1) is 0 Å². The molecule has 28 heavy (non-hydrogen) atoms. The number of carbonyl (C=O) groups is 1. The summed E-state index contributed by atoms with van der Waals surface area (Å²) in [6.45, 7) is 0.376. The Bertz CT molecular complexity index is 961. The van der Waals surface area contributed by atoms with Crippen molar-refractivity contribution < 1.29 is 19.7 Å². The van der Waals surface area contributed by atoms with Gasteiger partial charge in [-0.05, 0) is 25.0 Å². The Morgan fingerprint density at radius 3 is 2.86 bits per heavy atom. The first-order chi connectivity index (χ1) is 13.7. The van der Waals surface area contributed by atoms with Gasteiger partial charge in [0.2, 0.25) is 0 Å². The van der Waals surface area contributed by atoms with Crippen LogP contribution in [0, 0.1) is 0 Å². The molecule has 0 radical (unpaired) electrons. The number of nitrogens with one attached hydrogen (secondary N) is 1. The van der Waals surface area contributed by atoms with Crippen LogP contribution in [0.4, 0.5) is 5.82 Å². The zero-order valence-electron chi connectivity index (χ0n) is 15.1. The molecule has 9 heteroatoms. The predicted octanol–water partition coefficient (Wildman–Crippen LogP) is 1.15. The van der Waals surface area contributed by atoms with Gasteiger partial charge in [0.25, 0.3) is 5.91 Å². The third-order valence-corrected chi connectivity index (χ3v) is 4.89. The van der Waals surface area contributed by atoms with Gasteiger partial charge in [-0.25, -0.2) is 15.0 Å². The molecule has 0 saturated carbocycles. The van der Waals surface area contributed by atoms with E-state index in [1.165, 1.54) is 6.33 Å². The molecule has 1 aromatic carbocycles. The van der Waals surface area contributed by atoms with Crippen molar-refractivity contribution in [2.24, 2.45) is 0 Å². The van der Waals surface area contributed by atoms with Crippen LogP contribution in [0.3, 0.4) is 0 Å². The number of carbonyl (C=O) groups excluding carboxylic acids is 1. The first-order valence-corrected chi connectivity index (χ1v) is 9.13. The van der Waals surface area contributed by atoms with Crippen molar-refractivity contribution in [2.75, 3.05) is 18.5 Å². The highest BCUT2D eigenvalue weighted by Gasteiger charge is 2.37. The Hall–Kier alpha value is -2.88. The molecule has 1 aliphatic heterocycles. The van der Waals surface area contributed by atoms with E-state index in [1.54, 1.807) is 35.2 Å². The fraction of sp³-hybridized carbons (Fsp3) is 0.368. The molecule has 0 spiro atoms. The summed E-state index contributed by atoms with van der Waals surface area (Å²) in [5.41, 5.74) is 1.46. The molecule has 1 saturated heterocycles. The minimum Gasteiger partial charge on any atom is -0.396 e. The Morgan fingerprint density at radius 1 is 1.25 bits per heavy atom. The van der Waals surface area contributed by atoms with E-state index in [-0.39, 0.29) is 24.7 Å². The van der Waals surface area contributed by atoms with Crippen LogP contribution in [0.5, 0.6) is 0 Å². The summed E-state index contributed by atoms with van der Waals surface area (Å²) in [5.74, 6) is 0.0197. The molecule has 1 aliphatic rings. The molecule has 3 N–H and O–H groups in total. The second-order valence-corrected chi connectivity index (χ2v) is 6.66. The van der Waals surface area contributed by atoms with E-state index in [4.69, 9.17) is 9.84 Å². The van der Waals surface area contributed by atoms with Crippen molar-refractivity contribution in [1.82, 2.24) is 19.5 Å². The highest BCUT2D eigenvalue weighted by Crippen LogP contribution is 2.30. The molecule has 0 aliphatic carbocycles. The highest BCUT2D eigenvalue weighted by atomic mass is 16.5. The van der Waals surface area contributed by atoms with Crippen molar-refractivity contribution in [3.8, 4) is 0 Å². The average molecular weight is 383 g/mol. The van der Waals surface area contributed by atoms with E-state index >= 15 is 0 Å². The third-order valence-electron chi connectivity index (χ3n) is 4.89. The molecule has 0 bridgehead atoms. The lowest BCUT2D eigenvalue weighted by Crippen LogP contribution is -2.28. The number of imidazole rings is 1. The van der Waals surface area contributed by atoms with Gasteiger partial charge in [-0.2, -0.15) is 0 Å². The van der Waals surface area contributed by atoms with Crippen LogP contribution in [0.1, 0.15) is 29.2 Å². The smallest absolute Gasteiger partial charge is 0.256 e. The van der Waals surface area contributed by atoms with Crippen LogP contribution in [-0.2, 0) is 4.74 Å². The molecule has 1 fully saturated rings. The molecule has 3 heterocycles. The maximum absolute atomic E-state index is 12.4. The van der Waals surface area contributed by atoms with Crippen LogP contribution in [0.2, 0.25) is 0 Å². The molecular weight excluding hydrogens is 362 g/mol. The summed E-state index contributed by atoms with van der Waals surface area (Å²) >= 11 is 0. The maximum Gasteiger partial charge on any atom is 0.256 e. The number of hydrogen-bond acceptors (Lipinski definition) is 7. The second-order valence-electron chi connectivity index (χ2n) is 6.66. The minimum absolute atomic E-state index is 0.0585. The molecule has 3 aromatic rings. The number of nitrogens with zero attached hydrogens (tertiary/aromatic N) is 4. The Labute approximate surface area is 161 Å². The molecule has 4 rings (SSSR count). The van der Waals surface area contributed by atoms with E-state index in [1.807, 2.05) is 6.07 Å². The minimum atomic E-state index is -0.735. The SMILES string of the molecule is O=C(Nc1ncnc2c1ncn2[C@H]1CO[C@@H](CCCO)[C@@H]1O)c1ccccc1. The molecular formula is C19H21N5O4. The topological polar surface area (TPSA) is 122 Å². The lowest BCUT2D eigenvalue weighted by atomic mass is 10.1. The first kappa shape index (κ1) is 18.5. The van der Waals surface area contributed by atoms with Gasteiger partial charge in [0.1, 0.15) is 12.4 Å². The summed E-state index contributed by atoms with van der Waals surface area (Å²) in [7, 11) is 0. The van der Waals surface area contributed by atoms with Crippen molar-refractivity contribution in [3.05, 3.63) is 48.5 Å². The van der Waals surface area contributed by atoms with Gasteiger partial charge in [-0.1, -0.05) is 18.2 Å². The van der Waals surface area contributed by atoms with E-state index in [0.29, 0.717) is 42.0 Å². The number of rotatable bonds is 6. The molecule has 146 valence electrons. The summed E-state index contributed by atoms with van der Waals surface area (Å²) in [6, 6.07) is 8.49. The van der Waals surface area contributed by atoms with Crippen molar-refractivity contribution in [3.63, 3.8) is 0 Å². The zero-order chi connectivity index (χ0) is 19.5. The quantitative estimate of drug-likeness (QED) is 0.583. The summed E-state index contributed by atoms with van der Waals surface area (Å²) in [4.78, 5) is 25.2. The Kier molecular flexibility index (Phi) is 5.29. The Balaban J connectivity index is 1.58. The number of ether oxygens (including phenoxy) is 1. The number of anilines is 1. The van der Waals surface area contributed by atoms with E-state index in [0.717, 1.165) is 0 Å². The third kappa shape index (κ3) is 3.47. The first-order valence-electron chi connectivity index (χ1n) is 9.13. The van der Waals surface area contributed by atoms with Gasteiger partial charge < -0.3 is 24.8 Å². The summed E-state index contributed by atoms with van der Waals surface area (Å²) in [5, 5.41) is 22.4. The van der Waals surface area contributed by atoms with Gasteiger partial charge in [0.05, 0.1) is 25.1 Å². The number of hydrogen-bond donors (Lipinski definition) is 3. The van der Waals surface area contributed by atoms with Gasteiger partial charge in [0.15, 0.2) is 17.0 Å². The van der Waals surface area contributed by atoms with E-state index in [2.05, 4.69) is 20.3 Å². The van der Waals surface area contributed by atoms with E-state index < -0.39 is 6.10 Å². The fourth-order valence-corrected chi connectivity index (χ4v) is 3.41.